The highest BCUT2D eigenvalue weighted by atomic mass is 16.6. The van der Waals surface area contributed by atoms with Gasteiger partial charge < -0.3 is 30.3 Å². The van der Waals surface area contributed by atoms with E-state index < -0.39 is 25.2 Å². The summed E-state index contributed by atoms with van der Waals surface area (Å²) in [7, 11) is 0. The van der Waals surface area contributed by atoms with E-state index in [9.17, 15) is 0 Å². The standard InChI is InChI=1S/C6H12O4.CH2O3/c1-2-3-10-6(9)5(8)4-7;2-1(3)4/h2,5-9H,1,3-4H2;(H2,2,3,4). The highest BCUT2D eigenvalue weighted by Crippen LogP contribution is 1.93. The van der Waals surface area contributed by atoms with Crippen molar-refractivity contribution in [3.8, 4) is 0 Å². The Morgan fingerprint density at radius 2 is 1.86 bits per heavy atom. The number of hydrogen-bond acceptors (Lipinski definition) is 5. The highest BCUT2D eigenvalue weighted by Gasteiger charge is 2.13. The number of aliphatic hydroxyl groups excluding tert-OH is 3. The summed E-state index contributed by atoms with van der Waals surface area (Å²) in [5, 5.41) is 39.7. The zero-order chi connectivity index (χ0) is 11.6. The van der Waals surface area contributed by atoms with Gasteiger partial charge in [-0.1, -0.05) is 6.08 Å². The van der Waals surface area contributed by atoms with Gasteiger partial charge in [0, 0.05) is 0 Å². The van der Waals surface area contributed by atoms with Gasteiger partial charge in [0.1, 0.15) is 6.10 Å². The van der Waals surface area contributed by atoms with Crippen LogP contribution in [0.4, 0.5) is 4.79 Å². The fourth-order valence-corrected chi connectivity index (χ4v) is 0.368. The van der Waals surface area contributed by atoms with E-state index in [1.165, 1.54) is 6.08 Å². The molecule has 0 aromatic rings. The van der Waals surface area contributed by atoms with Crippen molar-refractivity contribution in [2.45, 2.75) is 12.4 Å². The molecular formula is C7H14O7. The van der Waals surface area contributed by atoms with Crippen LogP contribution in [0.25, 0.3) is 0 Å². The van der Waals surface area contributed by atoms with Gasteiger partial charge in [-0.3, -0.25) is 0 Å². The predicted octanol–water partition coefficient (Wildman–Crippen LogP) is -0.917. The molecule has 0 aliphatic rings. The second-order valence-electron chi connectivity index (χ2n) is 2.05. The minimum absolute atomic E-state index is 0.151. The number of aliphatic hydroxyl groups is 3. The van der Waals surface area contributed by atoms with Crippen molar-refractivity contribution in [3.05, 3.63) is 12.7 Å². The smallest absolute Gasteiger partial charge is 0.450 e. The van der Waals surface area contributed by atoms with Gasteiger partial charge in [0.15, 0.2) is 6.29 Å². The normalized spacial score (nSPS) is 13.4. The summed E-state index contributed by atoms with van der Waals surface area (Å²) in [6, 6.07) is 0. The maximum Gasteiger partial charge on any atom is 0.503 e. The van der Waals surface area contributed by atoms with Crippen LogP contribution in [0.5, 0.6) is 0 Å². The monoisotopic (exact) mass is 210 g/mol. The summed E-state index contributed by atoms with van der Waals surface area (Å²) in [6.07, 6.45) is -2.96. The van der Waals surface area contributed by atoms with E-state index in [0.29, 0.717) is 0 Å². The Hall–Kier alpha value is -1.15. The Bertz CT molecular complexity index is 154. The molecule has 7 heteroatoms. The molecule has 0 rings (SSSR count). The Morgan fingerprint density at radius 1 is 1.43 bits per heavy atom. The van der Waals surface area contributed by atoms with E-state index in [-0.39, 0.29) is 6.61 Å². The van der Waals surface area contributed by atoms with Crippen molar-refractivity contribution >= 4 is 6.16 Å². The Kier molecular flexibility index (Phi) is 10.9. The van der Waals surface area contributed by atoms with Crippen LogP contribution in [0.3, 0.4) is 0 Å². The van der Waals surface area contributed by atoms with Crippen LogP contribution in [0.2, 0.25) is 0 Å². The van der Waals surface area contributed by atoms with Crippen molar-refractivity contribution in [1.82, 2.24) is 0 Å². The van der Waals surface area contributed by atoms with Gasteiger partial charge >= 0.3 is 6.16 Å². The first-order chi connectivity index (χ1) is 6.45. The largest absolute Gasteiger partial charge is 0.503 e. The Morgan fingerprint density at radius 3 is 2.14 bits per heavy atom. The van der Waals surface area contributed by atoms with Crippen molar-refractivity contribution in [3.63, 3.8) is 0 Å². The molecule has 0 aliphatic carbocycles. The maximum absolute atomic E-state index is 8.77. The first kappa shape index (κ1) is 15.3. The quantitative estimate of drug-likeness (QED) is 0.293. The van der Waals surface area contributed by atoms with Gasteiger partial charge in [-0.05, 0) is 0 Å². The number of carbonyl (C=O) groups is 1. The lowest BCUT2D eigenvalue weighted by Gasteiger charge is -2.14. The van der Waals surface area contributed by atoms with Crippen molar-refractivity contribution in [2.75, 3.05) is 13.2 Å². The van der Waals surface area contributed by atoms with E-state index in [1.54, 1.807) is 0 Å². The van der Waals surface area contributed by atoms with Crippen LogP contribution < -0.4 is 0 Å². The summed E-state index contributed by atoms with van der Waals surface area (Å²) in [5.41, 5.74) is 0. The molecule has 0 saturated carbocycles. The fraction of sp³-hybridized carbons (Fsp3) is 0.571. The zero-order valence-corrected chi connectivity index (χ0v) is 7.41. The number of rotatable bonds is 5. The molecule has 14 heavy (non-hydrogen) atoms. The van der Waals surface area contributed by atoms with E-state index in [0.717, 1.165) is 0 Å². The van der Waals surface area contributed by atoms with Crippen LogP contribution in [-0.4, -0.2) is 57.3 Å². The van der Waals surface area contributed by atoms with Gasteiger partial charge in [-0.2, -0.15) is 0 Å². The average molecular weight is 210 g/mol. The minimum Gasteiger partial charge on any atom is -0.450 e. The summed E-state index contributed by atoms with van der Waals surface area (Å²) in [5.74, 6) is 0. The van der Waals surface area contributed by atoms with Crippen LogP contribution in [0.1, 0.15) is 0 Å². The number of carboxylic acid groups (broad SMARTS) is 2. The summed E-state index contributed by atoms with van der Waals surface area (Å²) in [6.45, 7) is 2.97. The molecule has 0 aliphatic heterocycles. The Labute approximate surface area is 80.5 Å². The molecule has 0 amide bonds. The molecule has 0 aromatic heterocycles. The first-order valence-corrected chi connectivity index (χ1v) is 3.57. The number of ether oxygens (including phenoxy) is 1. The topological polar surface area (TPSA) is 127 Å². The van der Waals surface area contributed by atoms with Crippen molar-refractivity contribution < 1.29 is 35.1 Å². The molecule has 0 heterocycles. The summed E-state index contributed by atoms with van der Waals surface area (Å²) in [4.78, 5) is 8.56. The second-order valence-corrected chi connectivity index (χ2v) is 2.05. The molecular weight excluding hydrogens is 196 g/mol. The molecule has 2 unspecified atom stereocenters. The highest BCUT2D eigenvalue weighted by molar-refractivity contribution is 5.53. The predicted molar refractivity (Wildman–Crippen MR) is 45.9 cm³/mol. The summed E-state index contributed by atoms with van der Waals surface area (Å²) >= 11 is 0. The first-order valence-electron chi connectivity index (χ1n) is 3.57. The molecule has 0 saturated heterocycles. The third kappa shape index (κ3) is 13.4. The molecule has 84 valence electrons. The molecule has 5 N–H and O–H groups in total. The molecule has 0 radical (unpaired) electrons. The Balaban J connectivity index is 0. The number of hydrogen-bond donors (Lipinski definition) is 5. The molecule has 0 spiro atoms. The van der Waals surface area contributed by atoms with Crippen LogP contribution in [0, 0.1) is 0 Å². The lowest BCUT2D eigenvalue weighted by atomic mass is 10.4. The second kappa shape index (κ2) is 9.93. The lowest BCUT2D eigenvalue weighted by Crippen LogP contribution is -2.31. The van der Waals surface area contributed by atoms with Crippen molar-refractivity contribution in [1.29, 1.82) is 0 Å². The van der Waals surface area contributed by atoms with E-state index >= 15 is 0 Å². The van der Waals surface area contributed by atoms with Crippen LogP contribution in [0.15, 0.2) is 12.7 Å². The SMILES string of the molecule is C=CCOC(O)C(O)CO.O=C(O)O. The zero-order valence-electron chi connectivity index (χ0n) is 7.41. The maximum atomic E-state index is 8.77. The third-order valence-corrected chi connectivity index (χ3v) is 0.901. The lowest BCUT2D eigenvalue weighted by molar-refractivity contribution is -0.164. The third-order valence-electron chi connectivity index (χ3n) is 0.901. The molecule has 0 bridgehead atoms. The van der Waals surface area contributed by atoms with Gasteiger partial charge in [-0.15, -0.1) is 6.58 Å². The van der Waals surface area contributed by atoms with Gasteiger partial charge in [0.05, 0.1) is 13.2 Å². The van der Waals surface area contributed by atoms with Gasteiger partial charge in [0.25, 0.3) is 0 Å². The fourth-order valence-electron chi connectivity index (χ4n) is 0.368. The van der Waals surface area contributed by atoms with Gasteiger partial charge in [-0.25, -0.2) is 4.79 Å². The molecule has 0 fully saturated rings. The summed E-state index contributed by atoms with van der Waals surface area (Å²) < 4.78 is 4.57. The van der Waals surface area contributed by atoms with Crippen LogP contribution in [-0.2, 0) is 4.74 Å². The van der Waals surface area contributed by atoms with E-state index in [1.807, 2.05) is 0 Å². The molecule has 0 aromatic carbocycles. The van der Waals surface area contributed by atoms with Gasteiger partial charge in [0.2, 0.25) is 0 Å². The van der Waals surface area contributed by atoms with E-state index in [4.69, 9.17) is 30.3 Å². The molecule has 2 atom stereocenters. The molecule has 7 nitrogen and oxygen atoms in total. The minimum atomic E-state index is -1.83. The van der Waals surface area contributed by atoms with Crippen LogP contribution >= 0.6 is 0 Å². The van der Waals surface area contributed by atoms with Crippen molar-refractivity contribution in [2.24, 2.45) is 0 Å². The average Bonchev–Trinajstić information content (AvgIpc) is 2.11. The van der Waals surface area contributed by atoms with E-state index in [2.05, 4.69) is 11.3 Å².